The summed E-state index contributed by atoms with van der Waals surface area (Å²) in [6.07, 6.45) is 5.97. The van der Waals surface area contributed by atoms with E-state index in [-0.39, 0.29) is 50.5 Å². The van der Waals surface area contributed by atoms with Gasteiger partial charge < -0.3 is 9.74 Å². The van der Waals surface area contributed by atoms with E-state index < -0.39 is 24.2 Å². The van der Waals surface area contributed by atoms with Gasteiger partial charge in [0, 0.05) is 41.9 Å². The molecule has 4 atom stereocenters. The number of halogens is 2. The van der Waals surface area contributed by atoms with Gasteiger partial charge in [0.15, 0.2) is 23.1 Å². The van der Waals surface area contributed by atoms with E-state index in [4.69, 9.17) is 21.0 Å². The lowest BCUT2D eigenvalue weighted by Gasteiger charge is -2.63. The van der Waals surface area contributed by atoms with Crippen LogP contribution in [-0.2, 0) is 14.4 Å². The van der Waals surface area contributed by atoms with Crippen LogP contribution in [0.1, 0.15) is 53.0 Å². The molecule has 9 rings (SSSR count). The number of anilines is 1. The zero-order valence-corrected chi connectivity index (χ0v) is 35.1. The van der Waals surface area contributed by atoms with Gasteiger partial charge in [0.2, 0.25) is 0 Å². The monoisotopic (exact) mass is 807 g/mol. The molecule has 8 nitrogen and oxygen atoms in total. The van der Waals surface area contributed by atoms with Crippen molar-refractivity contribution in [3.63, 3.8) is 0 Å². The molecule has 2 unspecified atom stereocenters. The summed E-state index contributed by atoms with van der Waals surface area (Å²) in [5.41, 5.74) is 1.52. The van der Waals surface area contributed by atoms with Gasteiger partial charge >= 0.3 is 0 Å². The molecule has 3 aliphatic rings. The second kappa shape index (κ2) is 14.2. The summed E-state index contributed by atoms with van der Waals surface area (Å²) < 4.78 is 52.4. The molecule has 0 saturated heterocycles. The molecule has 3 aromatic carbocycles. The number of benzene rings is 3. The molecule has 290 valence electrons. The Morgan fingerprint density at radius 3 is 2.20 bits per heavy atom. The molecule has 3 aliphatic carbocycles. The molecule has 56 heavy (non-hydrogen) atoms. The predicted molar refractivity (Wildman–Crippen MR) is 224 cm³/mol. The molecular weight excluding hydrogens is 761 g/mol. The first kappa shape index (κ1) is 38.5. The topological polar surface area (TPSA) is 99.0 Å². The molecule has 0 radical (unpaired) electrons. The number of nitrogens with zero attached hydrogens (tertiary/aromatic N) is 4. The first-order valence-corrected chi connectivity index (χ1v) is 22.9. The quantitative estimate of drug-likeness (QED) is 0.138. The lowest BCUT2D eigenvalue weighted by molar-refractivity contribution is -0.106. The Kier molecular flexibility index (Phi) is 9.75. The van der Waals surface area contributed by atoms with Crippen LogP contribution in [0.15, 0.2) is 114 Å². The number of nitrogens with one attached hydrogen (secondary N) is 1. The summed E-state index contributed by atoms with van der Waals surface area (Å²) in [7, 11) is -6.89. The predicted octanol–water partition coefficient (Wildman–Crippen LogP) is 8.87. The Morgan fingerprint density at radius 1 is 0.946 bits per heavy atom. The maximum Gasteiger partial charge on any atom is 0.269 e. The summed E-state index contributed by atoms with van der Waals surface area (Å²) in [4.78, 5) is 13.7. The fraction of sp³-hybridized carbons (Fsp3) is 0.341. The van der Waals surface area contributed by atoms with Crippen molar-refractivity contribution in [2.45, 2.75) is 70.4 Å². The zero-order chi connectivity index (χ0) is 39.6. The Morgan fingerprint density at radius 2 is 1.59 bits per heavy atom. The molecule has 6 aromatic rings. The number of hydrogen-bond acceptors (Lipinski definition) is 7. The molecule has 3 aromatic heterocycles. The number of aromatic nitrogens is 4. The fourth-order valence-corrected chi connectivity index (χ4v) is 15.4. The van der Waals surface area contributed by atoms with Crippen molar-refractivity contribution in [2.75, 3.05) is 11.9 Å². The zero-order valence-electron chi connectivity index (χ0n) is 32.5. The van der Waals surface area contributed by atoms with Crippen molar-refractivity contribution >= 4 is 57.2 Å². The molecule has 12 heteroatoms. The van der Waals surface area contributed by atoms with Crippen molar-refractivity contribution in [3.8, 4) is 11.4 Å². The molecule has 2 bridgehead atoms. The Balaban J connectivity index is 1.16. The van der Waals surface area contributed by atoms with Crippen molar-refractivity contribution in [1.82, 2.24) is 18.9 Å². The Bertz CT molecular complexity index is 2470. The van der Waals surface area contributed by atoms with E-state index in [2.05, 4.69) is 98.4 Å². The van der Waals surface area contributed by atoms with Gasteiger partial charge in [0.1, 0.15) is 0 Å². The van der Waals surface area contributed by atoms with Crippen LogP contribution in [-0.4, -0.2) is 48.3 Å². The molecule has 3 saturated carbocycles. The molecular formula is C44H47ClFN5O3SSi. The van der Waals surface area contributed by atoms with Crippen molar-refractivity contribution in [1.29, 1.82) is 0 Å². The lowest BCUT2D eigenvalue weighted by Crippen LogP contribution is -2.68. The van der Waals surface area contributed by atoms with Crippen LogP contribution in [0.2, 0.25) is 10.1 Å². The van der Waals surface area contributed by atoms with Gasteiger partial charge in [-0.1, -0.05) is 125 Å². The minimum Gasteiger partial charge on any atom is -0.407 e. The summed E-state index contributed by atoms with van der Waals surface area (Å²) >= 11 is 6.41. The number of hydrogen-bond donors (Lipinski definition) is 1. The number of fused-ring (bicyclic) bond motifs is 3. The number of rotatable bonds is 10. The molecule has 0 aliphatic heterocycles. The highest BCUT2D eigenvalue weighted by Gasteiger charge is 2.59. The van der Waals surface area contributed by atoms with Crippen LogP contribution in [0.5, 0.6) is 0 Å². The van der Waals surface area contributed by atoms with E-state index in [9.17, 15) is 8.42 Å². The normalized spacial score (nSPS) is 20.8. The van der Waals surface area contributed by atoms with E-state index in [0.29, 0.717) is 28.5 Å². The third-order valence-electron chi connectivity index (χ3n) is 12.5. The van der Waals surface area contributed by atoms with Crippen LogP contribution in [0.25, 0.3) is 22.4 Å². The van der Waals surface area contributed by atoms with E-state index in [1.54, 1.807) is 30.3 Å². The maximum atomic E-state index is 16.0. The summed E-state index contributed by atoms with van der Waals surface area (Å²) in [5, 5.41) is 6.57. The fourth-order valence-electron chi connectivity index (χ4n) is 9.29. The van der Waals surface area contributed by atoms with Crippen LogP contribution in [0, 0.1) is 35.9 Å². The minimum absolute atomic E-state index is 0.0537. The van der Waals surface area contributed by atoms with Crippen molar-refractivity contribution in [2.24, 2.45) is 23.2 Å². The SMILES string of the molecule is Cc1ccc(S(=O)(=O)n2cc(-c3ncc(F)c(NC4C5C[C@H](C[C@@H]4CO[Si](c4ccccc4)(c4ccccc4)C(C)(C)C)C5(C)C)n3)c3cc(Cl)cnc32)cc1. The molecule has 0 spiro atoms. The Labute approximate surface area is 334 Å². The highest BCUT2D eigenvalue weighted by atomic mass is 35.5. The second-order valence-electron chi connectivity index (χ2n) is 17.1. The van der Waals surface area contributed by atoms with Crippen LogP contribution >= 0.6 is 11.6 Å². The summed E-state index contributed by atoms with van der Waals surface area (Å²) in [6, 6.07) is 29.4. The van der Waals surface area contributed by atoms with Crippen LogP contribution in [0.4, 0.5) is 10.2 Å². The van der Waals surface area contributed by atoms with E-state index in [1.807, 2.05) is 19.1 Å². The first-order valence-electron chi connectivity index (χ1n) is 19.1. The first-order chi connectivity index (χ1) is 26.6. The summed E-state index contributed by atoms with van der Waals surface area (Å²) in [6.45, 7) is 13.8. The van der Waals surface area contributed by atoms with Gasteiger partial charge in [-0.25, -0.2) is 31.7 Å². The molecule has 3 heterocycles. The molecule has 0 amide bonds. The highest BCUT2D eigenvalue weighted by Crippen LogP contribution is 2.61. The largest absolute Gasteiger partial charge is 0.407 e. The van der Waals surface area contributed by atoms with Crippen molar-refractivity contribution in [3.05, 3.63) is 126 Å². The third-order valence-corrected chi connectivity index (χ3v) is 19.3. The lowest BCUT2D eigenvalue weighted by atomic mass is 9.45. The summed E-state index contributed by atoms with van der Waals surface area (Å²) in [5.74, 6) is 0.498. The minimum atomic E-state index is -4.06. The van der Waals surface area contributed by atoms with Gasteiger partial charge in [-0.15, -0.1) is 0 Å². The smallest absolute Gasteiger partial charge is 0.269 e. The van der Waals surface area contributed by atoms with Gasteiger partial charge in [0.05, 0.1) is 16.1 Å². The third kappa shape index (κ3) is 6.46. The van der Waals surface area contributed by atoms with Crippen molar-refractivity contribution < 1.29 is 17.2 Å². The Hall–Kier alpha value is -4.42. The average Bonchev–Trinajstić information content (AvgIpc) is 3.56. The van der Waals surface area contributed by atoms with Gasteiger partial charge in [0.25, 0.3) is 18.3 Å². The number of pyridine rings is 1. The van der Waals surface area contributed by atoms with Gasteiger partial charge in [-0.3, -0.25) is 0 Å². The van der Waals surface area contributed by atoms with Crippen LogP contribution < -0.4 is 15.7 Å². The average molecular weight is 808 g/mol. The standard InChI is InChI=1S/C44H47ClFN5O3SSi/c1-28-17-19-32(20-18-28)55(52,53)51-26-36(35-23-31(45)24-48-42(35)51)40-47-25-38(46)41(50-40)49-39-29(21-30-22-37(39)44(30,5)6)27-54-56(43(2,3)4,33-13-9-7-10-14-33)34-15-11-8-12-16-34/h7-20,23-26,29-30,37,39H,21-22,27H2,1-6H3,(H,47,49,50)/t29-,30+,37?,39?/m1/s1. The maximum absolute atomic E-state index is 16.0. The molecule has 3 fully saturated rings. The van der Waals surface area contributed by atoms with E-state index >= 15 is 4.39 Å². The van der Waals surface area contributed by atoms with Gasteiger partial charge in [-0.05, 0) is 70.6 Å². The van der Waals surface area contributed by atoms with Gasteiger partial charge in [-0.2, -0.15) is 0 Å². The molecule has 1 N–H and O–H groups in total. The van der Waals surface area contributed by atoms with E-state index in [0.717, 1.165) is 28.6 Å². The van der Waals surface area contributed by atoms with Crippen LogP contribution in [0.3, 0.4) is 0 Å². The van der Waals surface area contributed by atoms with E-state index in [1.165, 1.54) is 22.8 Å². The highest BCUT2D eigenvalue weighted by molar-refractivity contribution is 7.90. The second-order valence-corrected chi connectivity index (χ2v) is 23.6. The number of aryl methyl sites for hydroxylation is 1.